The number of carbonyl (C=O) groups is 1. The molecule has 1 saturated heterocycles. The number of rotatable bonds is 8. The Morgan fingerprint density at radius 3 is 2.55 bits per heavy atom. The molecule has 1 aliphatic heterocycles. The van der Waals surface area contributed by atoms with Crippen molar-refractivity contribution in [2.24, 2.45) is 5.92 Å². The molecule has 3 rings (SSSR count). The van der Waals surface area contributed by atoms with Crippen molar-refractivity contribution < 1.29 is 17.9 Å². The van der Waals surface area contributed by atoms with Crippen molar-refractivity contribution in [1.29, 1.82) is 0 Å². The fourth-order valence-corrected chi connectivity index (χ4v) is 4.83. The van der Waals surface area contributed by atoms with E-state index in [1.165, 1.54) is 4.40 Å². The van der Waals surface area contributed by atoms with Crippen LogP contribution in [0.15, 0.2) is 29.6 Å². The molecule has 2 aromatic rings. The third-order valence-corrected chi connectivity index (χ3v) is 6.59. The Bertz CT molecular complexity index is 947. The minimum Gasteiger partial charge on any atom is -0.379 e. The van der Waals surface area contributed by atoms with Crippen LogP contribution in [0.2, 0.25) is 0 Å². The third-order valence-electron chi connectivity index (χ3n) is 5.64. The summed E-state index contributed by atoms with van der Waals surface area (Å²) in [7, 11) is -3.56. The average Bonchev–Trinajstić information content (AvgIpc) is 3.12. The second kappa shape index (κ2) is 9.23. The zero-order valence-electron chi connectivity index (χ0n) is 17.3. The standard InChI is InChI=1S/C20H30N4O4S/c1-4-15(5-2)17(23-10-12-28-13-11-23)14-21-19(25)18-16-8-6-7-9-24(16)20(22-18)29(3,26)27/h6-9,15,17H,4-5,10-14H2,1-3H3,(H,21,25). The van der Waals surface area contributed by atoms with Gasteiger partial charge < -0.3 is 10.1 Å². The van der Waals surface area contributed by atoms with E-state index in [2.05, 4.69) is 29.0 Å². The highest BCUT2D eigenvalue weighted by atomic mass is 32.2. The van der Waals surface area contributed by atoms with E-state index in [0.29, 0.717) is 31.2 Å². The first kappa shape index (κ1) is 21.7. The van der Waals surface area contributed by atoms with E-state index in [1.54, 1.807) is 24.4 Å². The fourth-order valence-electron chi connectivity index (χ4n) is 4.06. The van der Waals surface area contributed by atoms with Crippen LogP contribution in [0, 0.1) is 5.92 Å². The Morgan fingerprint density at radius 1 is 1.24 bits per heavy atom. The van der Waals surface area contributed by atoms with Crippen molar-refractivity contribution in [3.05, 3.63) is 30.1 Å². The molecular formula is C20H30N4O4S. The molecule has 1 atom stereocenters. The number of morpholine rings is 1. The molecule has 1 N–H and O–H groups in total. The number of aromatic nitrogens is 2. The van der Waals surface area contributed by atoms with Crippen LogP contribution in [-0.2, 0) is 14.6 Å². The van der Waals surface area contributed by atoms with Crippen LogP contribution in [0.25, 0.3) is 5.52 Å². The molecule has 8 nitrogen and oxygen atoms in total. The number of carbonyl (C=O) groups excluding carboxylic acids is 1. The van der Waals surface area contributed by atoms with E-state index in [1.807, 2.05) is 0 Å². The van der Waals surface area contributed by atoms with Gasteiger partial charge in [-0.15, -0.1) is 0 Å². The van der Waals surface area contributed by atoms with Gasteiger partial charge >= 0.3 is 0 Å². The first-order valence-electron chi connectivity index (χ1n) is 10.1. The van der Waals surface area contributed by atoms with Crippen molar-refractivity contribution >= 4 is 21.3 Å². The highest BCUT2D eigenvalue weighted by Crippen LogP contribution is 2.21. The SMILES string of the molecule is CCC(CC)C(CNC(=O)c1nc(S(C)(=O)=O)n2ccccc12)N1CCOCC1. The van der Waals surface area contributed by atoms with Crippen LogP contribution in [0.1, 0.15) is 37.2 Å². The van der Waals surface area contributed by atoms with Gasteiger partial charge in [-0.3, -0.25) is 14.1 Å². The van der Waals surface area contributed by atoms with E-state index in [0.717, 1.165) is 32.2 Å². The molecule has 0 radical (unpaired) electrons. The molecule has 0 saturated carbocycles. The molecule has 0 spiro atoms. The number of ether oxygens (including phenoxy) is 1. The van der Waals surface area contributed by atoms with Crippen molar-refractivity contribution in [2.45, 2.75) is 37.9 Å². The number of nitrogens with one attached hydrogen (secondary N) is 1. The van der Waals surface area contributed by atoms with Crippen molar-refractivity contribution in [3.8, 4) is 0 Å². The van der Waals surface area contributed by atoms with Crippen LogP contribution >= 0.6 is 0 Å². The van der Waals surface area contributed by atoms with E-state index < -0.39 is 9.84 Å². The lowest BCUT2D eigenvalue weighted by atomic mass is 9.92. The Hall–Kier alpha value is -1.97. The summed E-state index contributed by atoms with van der Waals surface area (Å²) in [5, 5.41) is 2.89. The van der Waals surface area contributed by atoms with E-state index in [4.69, 9.17) is 4.74 Å². The van der Waals surface area contributed by atoms with Gasteiger partial charge in [-0.25, -0.2) is 13.4 Å². The van der Waals surface area contributed by atoms with E-state index in [9.17, 15) is 13.2 Å². The zero-order chi connectivity index (χ0) is 21.0. The van der Waals surface area contributed by atoms with Crippen LogP contribution < -0.4 is 5.32 Å². The maximum Gasteiger partial charge on any atom is 0.272 e. The maximum atomic E-state index is 13.0. The minimum absolute atomic E-state index is 0.122. The number of imidazole rings is 1. The summed E-state index contributed by atoms with van der Waals surface area (Å²) in [5.74, 6) is 0.103. The van der Waals surface area contributed by atoms with Gasteiger partial charge in [0.05, 0.1) is 18.7 Å². The first-order chi connectivity index (χ1) is 13.9. The van der Waals surface area contributed by atoms with Crippen LogP contribution in [-0.4, -0.2) is 73.8 Å². The van der Waals surface area contributed by atoms with Crippen molar-refractivity contribution in [2.75, 3.05) is 39.1 Å². The molecule has 0 bridgehead atoms. The largest absolute Gasteiger partial charge is 0.379 e. The molecule has 0 aromatic carbocycles. The molecule has 1 unspecified atom stereocenters. The number of hydrogen-bond donors (Lipinski definition) is 1. The molecule has 1 fully saturated rings. The number of hydrogen-bond acceptors (Lipinski definition) is 6. The Balaban J connectivity index is 1.83. The highest BCUT2D eigenvalue weighted by molar-refractivity contribution is 7.90. The summed E-state index contributed by atoms with van der Waals surface area (Å²) in [6.45, 7) is 7.94. The quantitative estimate of drug-likeness (QED) is 0.695. The summed E-state index contributed by atoms with van der Waals surface area (Å²) >= 11 is 0. The van der Waals surface area contributed by atoms with Crippen LogP contribution in [0.4, 0.5) is 0 Å². The number of fused-ring (bicyclic) bond motifs is 1. The number of nitrogens with zero attached hydrogens (tertiary/aromatic N) is 3. The lowest BCUT2D eigenvalue weighted by Gasteiger charge is -2.38. The topological polar surface area (TPSA) is 93.0 Å². The Kier molecular flexibility index (Phi) is 6.92. The molecule has 9 heteroatoms. The average molecular weight is 423 g/mol. The fraction of sp³-hybridized carbons (Fsp3) is 0.600. The van der Waals surface area contributed by atoms with Crippen LogP contribution in [0.3, 0.4) is 0 Å². The lowest BCUT2D eigenvalue weighted by Crippen LogP contribution is -2.52. The van der Waals surface area contributed by atoms with Gasteiger partial charge in [0.15, 0.2) is 5.69 Å². The Morgan fingerprint density at radius 2 is 1.93 bits per heavy atom. The Labute approximate surface area is 172 Å². The van der Waals surface area contributed by atoms with Gasteiger partial charge in [0.25, 0.3) is 5.91 Å². The van der Waals surface area contributed by atoms with Gasteiger partial charge in [-0.05, 0) is 18.1 Å². The summed E-state index contributed by atoms with van der Waals surface area (Å²) in [6.07, 6.45) is 4.76. The normalized spacial score (nSPS) is 17.0. The maximum absolute atomic E-state index is 13.0. The summed E-state index contributed by atoms with van der Waals surface area (Å²) < 4.78 is 31.1. The lowest BCUT2D eigenvalue weighted by molar-refractivity contribution is 0.00190. The van der Waals surface area contributed by atoms with E-state index >= 15 is 0 Å². The monoisotopic (exact) mass is 422 g/mol. The zero-order valence-corrected chi connectivity index (χ0v) is 18.1. The molecule has 160 valence electrons. The van der Waals surface area contributed by atoms with Gasteiger partial charge in [0, 0.05) is 38.1 Å². The summed E-state index contributed by atoms with van der Waals surface area (Å²) in [6, 6.07) is 5.39. The number of pyridine rings is 1. The second-order valence-corrected chi connectivity index (χ2v) is 9.38. The number of amides is 1. The summed E-state index contributed by atoms with van der Waals surface area (Å²) in [4.78, 5) is 19.5. The first-order valence-corrected chi connectivity index (χ1v) is 12.0. The van der Waals surface area contributed by atoms with Gasteiger partial charge in [-0.2, -0.15) is 0 Å². The van der Waals surface area contributed by atoms with Crippen molar-refractivity contribution in [1.82, 2.24) is 19.6 Å². The highest BCUT2D eigenvalue weighted by Gasteiger charge is 2.28. The molecule has 1 amide bonds. The number of sulfone groups is 1. The van der Waals surface area contributed by atoms with Gasteiger partial charge in [0.2, 0.25) is 15.0 Å². The second-order valence-electron chi connectivity index (χ2n) is 7.47. The molecule has 1 aliphatic rings. The third kappa shape index (κ3) is 4.79. The van der Waals surface area contributed by atoms with E-state index in [-0.39, 0.29) is 22.8 Å². The minimum atomic E-state index is -3.56. The summed E-state index contributed by atoms with van der Waals surface area (Å²) in [5.41, 5.74) is 0.618. The molecule has 29 heavy (non-hydrogen) atoms. The molecule has 3 heterocycles. The van der Waals surface area contributed by atoms with Crippen LogP contribution in [0.5, 0.6) is 0 Å². The predicted octanol–water partition coefficient (Wildman–Crippen LogP) is 1.60. The smallest absolute Gasteiger partial charge is 0.272 e. The van der Waals surface area contributed by atoms with Gasteiger partial charge in [-0.1, -0.05) is 32.8 Å². The van der Waals surface area contributed by atoms with Gasteiger partial charge in [0.1, 0.15) is 0 Å². The molecular weight excluding hydrogens is 392 g/mol. The molecule has 2 aromatic heterocycles. The van der Waals surface area contributed by atoms with Crippen molar-refractivity contribution in [3.63, 3.8) is 0 Å². The predicted molar refractivity (Wildman–Crippen MR) is 111 cm³/mol. The molecule has 0 aliphatic carbocycles.